The SMILES string of the molecule is COc1cc(CN(C)Cn2nc3n(c2=S)CCCCC3)ccc1OC(F)F. The fourth-order valence-electron chi connectivity index (χ4n) is 3.31. The third-order valence-corrected chi connectivity index (χ3v) is 4.98. The molecule has 9 heteroatoms. The standard InChI is InChI=1S/C18H24F2N4O2S/c1-22(11-13-7-8-14(26-17(19)20)15(10-13)25-2)12-24-18(27)23-9-5-3-4-6-16(23)21-24/h7-8,10,17H,3-6,9,11-12H2,1-2H3. The number of aromatic nitrogens is 3. The fraction of sp³-hybridized carbons (Fsp3) is 0.556. The summed E-state index contributed by atoms with van der Waals surface area (Å²) in [4.78, 5) is 2.06. The highest BCUT2D eigenvalue weighted by atomic mass is 32.1. The summed E-state index contributed by atoms with van der Waals surface area (Å²) < 4.78 is 39.2. The van der Waals surface area contributed by atoms with Gasteiger partial charge >= 0.3 is 6.61 Å². The van der Waals surface area contributed by atoms with Gasteiger partial charge in [-0.15, -0.1) is 0 Å². The van der Waals surface area contributed by atoms with Crippen LogP contribution in [0.15, 0.2) is 18.2 Å². The molecule has 148 valence electrons. The molecule has 0 unspecified atom stereocenters. The van der Waals surface area contributed by atoms with Crippen molar-refractivity contribution in [1.29, 1.82) is 0 Å². The van der Waals surface area contributed by atoms with Crippen molar-refractivity contribution >= 4 is 12.2 Å². The lowest BCUT2D eigenvalue weighted by atomic mass is 10.2. The molecule has 0 fully saturated rings. The molecule has 0 atom stereocenters. The Hall–Kier alpha value is -2.00. The van der Waals surface area contributed by atoms with Crippen LogP contribution in [-0.4, -0.2) is 40.0 Å². The molecular formula is C18H24F2N4O2S. The Bertz CT molecular complexity index is 837. The van der Waals surface area contributed by atoms with Gasteiger partial charge in [0.1, 0.15) is 5.82 Å². The second kappa shape index (κ2) is 8.79. The van der Waals surface area contributed by atoms with E-state index in [2.05, 4.69) is 19.3 Å². The van der Waals surface area contributed by atoms with Crippen molar-refractivity contribution in [3.8, 4) is 11.5 Å². The van der Waals surface area contributed by atoms with Crippen molar-refractivity contribution in [3.63, 3.8) is 0 Å². The molecule has 2 aromatic rings. The van der Waals surface area contributed by atoms with Crippen LogP contribution in [0, 0.1) is 4.77 Å². The molecule has 1 aliphatic heterocycles. The van der Waals surface area contributed by atoms with Gasteiger partial charge in [0.2, 0.25) is 0 Å². The smallest absolute Gasteiger partial charge is 0.387 e. The molecular weight excluding hydrogens is 374 g/mol. The van der Waals surface area contributed by atoms with E-state index in [0.717, 1.165) is 42.0 Å². The summed E-state index contributed by atoms with van der Waals surface area (Å²) in [6.07, 6.45) is 4.46. The predicted molar refractivity (Wildman–Crippen MR) is 99.7 cm³/mol. The normalized spacial score (nSPS) is 14.3. The first kappa shape index (κ1) is 19.8. The van der Waals surface area contributed by atoms with Gasteiger partial charge in [-0.25, -0.2) is 4.68 Å². The Morgan fingerprint density at radius 3 is 2.81 bits per heavy atom. The van der Waals surface area contributed by atoms with E-state index in [1.807, 2.05) is 11.7 Å². The molecule has 27 heavy (non-hydrogen) atoms. The molecule has 3 rings (SSSR count). The molecule has 0 amide bonds. The van der Waals surface area contributed by atoms with Gasteiger partial charge in [0, 0.05) is 19.5 Å². The molecule has 0 saturated carbocycles. The highest BCUT2D eigenvalue weighted by Crippen LogP contribution is 2.29. The van der Waals surface area contributed by atoms with Crippen molar-refractivity contribution in [1.82, 2.24) is 19.2 Å². The van der Waals surface area contributed by atoms with E-state index < -0.39 is 6.61 Å². The molecule has 0 N–H and O–H groups in total. The Morgan fingerprint density at radius 2 is 2.07 bits per heavy atom. The van der Waals surface area contributed by atoms with E-state index in [4.69, 9.17) is 17.0 Å². The quantitative estimate of drug-likeness (QED) is 0.663. The van der Waals surface area contributed by atoms with Gasteiger partial charge in [-0.2, -0.15) is 13.9 Å². The lowest BCUT2D eigenvalue weighted by Crippen LogP contribution is -2.22. The number of aryl methyl sites for hydroxylation is 1. The summed E-state index contributed by atoms with van der Waals surface area (Å²) in [5, 5.41) is 4.68. The number of hydrogen-bond donors (Lipinski definition) is 0. The van der Waals surface area contributed by atoms with Crippen LogP contribution < -0.4 is 9.47 Å². The molecule has 0 saturated heterocycles. The van der Waals surface area contributed by atoms with E-state index >= 15 is 0 Å². The van der Waals surface area contributed by atoms with Crippen molar-refractivity contribution in [2.45, 2.75) is 52.1 Å². The van der Waals surface area contributed by atoms with E-state index in [-0.39, 0.29) is 11.5 Å². The molecule has 1 aliphatic rings. The van der Waals surface area contributed by atoms with Crippen molar-refractivity contribution in [2.75, 3.05) is 14.2 Å². The number of alkyl halides is 2. The lowest BCUT2D eigenvalue weighted by Gasteiger charge is -2.18. The van der Waals surface area contributed by atoms with Gasteiger partial charge < -0.3 is 14.0 Å². The first-order chi connectivity index (χ1) is 13.0. The number of methoxy groups -OCH3 is 1. The first-order valence-electron chi connectivity index (χ1n) is 8.94. The summed E-state index contributed by atoms with van der Waals surface area (Å²) in [7, 11) is 3.39. The molecule has 0 spiro atoms. The molecule has 1 aromatic carbocycles. The Morgan fingerprint density at radius 1 is 1.26 bits per heavy atom. The zero-order chi connectivity index (χ0) is 19.4. The van der Waals surface area contributed by atoms with Crippen LogP contribution in [0.3, 0.4) is 0 Å². The summed E-state index contributed by atoms with van der Waals surface area (Å²) in [6, 6.07) is 4.95. The number of halogens is 2. The van der Waals surface area contributed by atoms with Crippen LogP contribution in [0.1, 0.15) is 30.7 Å². The second-order valence-electron chi connectivity index (χ2n) is 6.68. The zero-order valence-corrected chi connectivity index (χ0v) is 16.3. The van der Waals surface area contributed by atoms with E-state index in [1.54, 1.807) is 12.1 Å². The fourth-order valence-corrected chi connectivity index (χ4v) is 3.61. The average molecular weight is 398 g/mol. The minimum atomic E-state index is -2.88. The summed E-state index contributed by atoms with van der Waals surface area (Å²) in [6.45, 7) is -0.808. The minimum Gasteiger partial charge on any atom is -0.493 e. The lowest BCUT2D eigenvalue weighted by molar-refractivity contribution is -0.0512. The van der Waals surface area contributed by atoms with Gasteiger partial charge in [0.25, 0.3) is 0 Å². The molecule has 0 aliphatic carbocycles. The van der Waals surface area contributed by atoms with Gasteiger partial charge in [-0.1, -0.05) is 12.5 Å². The maximum atomic E-state index is 12.4. The third-order valence-electron chi connectivity index (χ3n) is 4.55. The van der Waals surface area contributed by atoms with Crippen LogP contribution in [0.4, 0.5) is 8.78 Å². The Labute approximate surface area is 162 Å². The molecule has 0 radical (unpaired) electrons. The van der Waals surface area contributed by atoms with Gasteiger partial charge in [-0.3, -0.25) is 4.90 Å². The topological polar surface area (TPSA) is 44.5 Å². The number of hydrogen-bond acceptors (Lipinski definition) is 5. The zero-order valence-electron chi connectivity index (χ0n) is 15.5. The van der Waals surface area contributed by atoms with Crippen molar-refractivity contribution in [3.05, 3.63) is 34.4 Å². The highest BCUT2D eigenvalue weighted by Gasteiger charge is 2.15. The maximum Gasteiger partial charge on any atom is 0.387 e. The maximum absolute atomic E-state index is 12.4. The second-order valence-corrected chi connectivity index (χ2v) is 7.05. The molecule has 1 aromatic heterocycles. The van der Waals surface area contributed by atoms with Crippen LogP contribution >= 0.6 is 12.2 Å². The first-order valence-corrected chi connectivity index (χ1v) is 9.35. The van der Waals surface area contributed by atoms with Crippen molar-refractivity contribution < 1.29 is 18.3 Å². The monoisotopic (exact) mass is 398 g/mol. The van der Waals surface area contributed by atoms with Crippen molar-refractivity contribution in [2.24, 2.45) is 0 Å². The third kappa shape index (κ3) is 4.84. The number of nitrogens with zero attached hydrogens (tertiary/aromatic N) is 4. The van der Waals surface area contributed by atoms with Gasteiger partial charge in [0.15, 0.2) is 16.3 Å². The summed E-state index contributed by atoms with van der Waals surface area (Å²) in [5.74, 6) is 1.37. The van der Waals surface area contributed by atoms with E-state index in [9.17, 15) is 8.78 Å². The van der Waals surface area contributed by atoms with Crippen LogP contribution in [0.5, 0.6) is 11.5 Å². The number of ether oxygens (including phenoxy) is 2. The van der Waals surface area contributed by atoms with Gasteiger partial charge in [-0.05, 0) is 49.8 Å². The summed E-state index contributed by atoms with van der Waals surface area (Å²) in [5.41, 5.74) is 0.920. The molecule has 2 heterocycles. The van der Waals surface area contributed by atoms with E-state index in [0.29, 0.717) is 13.2 Å². The summed E-state index contributed by atoms with van der Waals surface area (Å²) >= 11 is 5.58. The largest absolute Gasteiger partial charge is 0.493 e. The van der Waals surface area contributed by atoms with Crippen LogP contribution in [0.25, 0.3) is 0 Å². The van der Waals surface area contributed by atoms with Gasteiger partial charge in [0.05, 0.1) is 13.8 Å². The van der Waals surface area contributed by atoms with Crippen LogP contribution in [-0.2, 0) is 26.2 Å². The number of rotatable bonds is 7. The molecule has 6 nitrogen and oxygen atoms in total. The van der Waals surface area contributed by atoms with E-state index in [1.165, 1.54) is 19.6 Å². The highest BCUT2D eigenvalue weighted by molar-refractivity contribution is 7.71. The number of fused-ring (bicyclic) bond motifs is 1. The average Bonchev–Trinajstić information content (AvgIpc) is 2.79. The Balaban J connectivity index is 1.69. The van der Waals surface area contributed by atoms with Crippen LogP contribution in [0.2, 0.25) is 0 Å². The minimum absolute atomic E-state index is 0.0268. The Kier molecular flexibility index (Phi) is 6.43. The predicted octanol–water partition coefficient (Wildman–Crippen LogP) is 3.84. The number of benzene rings is 1. The molecule has 0 bridgehead atoms.